The van der Waals surface area contributed by atoms with E-state index in [1.54, 1.807) is 24.3 Å². The summed E-state index contributed by atoms with van der Waals surface area (Å²) in [5.74, 6) is 0.428. The van der Waals surface area contributed by atoms with Crippen LogP contribution in [0.4, 0.5) is 5.69 Å². The van der Waals surface area contributed by atoms with Crippen LogP contribution in [0.15, 0.2) is 70.6 Å². The van der Waals surface area contributed by atoms with Crippen LogP contribution in [0.1, 0.15) is 33.8 Å². The third-order valence-corrected chi connectivity index (χ3v) is 5.66. The Kier molecular flexibility index (Phi) is 6.72. The molecule has 0 spiro atoms. The maximum absolute atomic E-state index is 12.7. The summed E-state index contributed by atoms with van der Waals surface area (Å²) in [7, 11) is 0. The van der Waals surface area contributed by atoms with Gasteiger partial charge >= 0.3 is 0 Å². The van der Waals surface area contributed by atoms with Crippen LogP contribution in [0.5, 0.6) is 0 Å². The lowest BCUT2D eigenvalue weighted by atomic mass is 10.1. The first kappa shape index (κ1) is 21.5. The molecule has 2 aromatic carbocycles. The number of rotatable bonds is 8. The fourth-order valence-electron chi connectivity index (χ4n) is 3.07. The minimum Gasteiger partial charge on any atom is -0.348 e. The Morgan fingerprint density at radius 2 is 1.84 bits per heavy atom. The number of amides is 2. The summed E-state index contributed by atoms with van der Waals surface area (Å²) in [5.41, 5.74) is 3.04. The number of nitrogens with one attached hydrogen (secondary N) is 2. The van der Waals surface area contributed by atoms with Crippen molar-refractivity contribution in [1.82, 2.24) is 15.5 Å². The van der Waals surface area contributed by atoms with Crippen LogP contribution in [-0.2, 0) is 17.8 Å². The molecule has 0 unspecified atom stereocenters. The van der Waals surface area contributed by atoms with Gasteiger partial charge in [-0.05, 0) is 36.1 Å². The van der Waals surface area contributed by atoms with Crippen molar-refractivity contribution in [3.05, 3.63) is 88.6 Å². The summed E-state index contributed by atoms with van der Waals surface area (Å²) in [5, 5.41) is 11.6. The minimum atomic E-state index is -0.251. The highest BCUT2D eigenvalue weighted by atomic mass is 32.1. The summed E-state index contributed by atoms with van der Waals surface area (Å²) in [6, 6.07) is 18.7. The summed E-state index contributed by atoms with van der Waals surface area (Å²) < 4.78 is 5.23. The third-order valence-electron chi connectivity index (χ3n) is 4.80. The van der Waals surface area contributed by atoms with Gasteiger partial charge in [0.15, 0.2) is 0 Å². The highest BCUT2D eigenvalue weighted by Crippen LogP contribution is 2.22. The van der Waals surface area contributed by atoms with E-state index in [0.29, 0.717) is 35.9 Å². The van der Waals surface area contributed by atoms with Crippen LogP contribution in [-0.4, -0.2) is 22.0 Å². The number of aromatic nitrogens is 2. The van der Waals surface area contributed by atoms with Crippen molar-refractivity contribution >= 4 is 28.8 Å². The molecule has 2 heterocycles. The van der Waals surface area contributed by atoms with Gasteiger partial charge in [-0.2, -0.15) is 4.98 Å². The summed E-state index contributed by atoms with van der Waals surface area (Å²) in [6.07, 6.45) is 0.470. The number of anilines is 1. The Bertz CT molecular complexity index is 1200. The first-order valence-corrected chi connectivity index (χ1v) is 11.1. The van der Waals surface area contributed by atoms with E-state index in [1.165, 1.54) is 11.3 Å². The molecule has 2 aromatic heterocycles. The first-order chi connectivity index (χ1) is 15.6. The fraction of sp³-hybridized carbons (Fsp3) is 0.167. The molecule has 0 bridgehead atoms. The Morgan fingerprint density at radius 1 is 1.03 bits per heavy atom. The molecule has 0 aliphatic heterocycles. The minimum absolute atomic E-state index is 0.158. The van der Waals surface area contributed by atoms with Crippen LogP contribution in [0, 0.1) is 6.92 Å². The molecule has 162 valence electrons. The van der Waals surface area contributed by atoms with Gasteiger partial charge in [-0.15, -0.1) is 11.3 Å². The number of hydrogen-bond donors (Lipinski definition) is 2. The number of thiophene rings is 1. The van der Waals surface area contributed by atoms with Gasteiger partial charge in [-0.1, -0.05) is 53.2 Å². The molecule has 0 radical (unpaired) electrons. The summed E-state index contributed by atoms with van der Waals surface area (Å²) >= 11 is 1.52. The molecule has 0 saturated carbocycles. The normalized spacial score (nSPS) is 10.7. The highest BCUT2D eigenvalue weighted by Gasteiger charge is 2.15. The van der Waals surface area contributed by atoms with E-state index in [4.69, 9.17) is 4.52 Å². The van der Waals surface area contributed by atoms with Crippen molar-refractivity contribution in [2.45, 2.75) is 26.3 Å². The van der Waals surface area contributed by atoms with E-state index < -0.39 is 0 Å². The van der Waals surface area contributed by atoms with Crippen molar-refractivity contribution in [1.29, 1.82) is 0 Å². The van der Waals surface area contributed by atoms with Gasteiger partial charge < -0.3 is 15.2 Å². The van der Waals surface area contributed by atoms with E-state index in [-0.39, 0.29) is 18.2 Å². The van der Waals surface area contributed by atoms with Crippen LogP contribution < -0.4 is 10.6 Å². The molecule has 0 fully saturated rings. The number of hydrogen-bond acceptors (Lipinski definition) is 6. The summed E-state index contributed by atoms with van der Waals surface area (Å²) in [6.45, 7) is 2.42. The Morgan fingerprint density at radius 3 is 2.62 bits per heavy atom. The predicted octanol–water partition coefficient (Wildman–Crippen LogP) is 4.61. The van der Waals surface area contributed by atoms with Gasteiger partial charge in [-0.3, -0.25) is 9.59 Å². The molecule has 0 saturated heterocycles. The number of nitrogens with zero attached hydrogens (tertiary/aromatic N) is 2. The molecule has 4 aromatic rings. The SMILES string of the molecule is Cc1ccc(CNC(=O)c2ccccc2NC(=O)CCc2nc(-c3cccs3)no2)cc1. The molecule has 7 nitrogen and oxygen atoms in total. The van der Waals surface area contributed by atoms with E-state index in [0.717, 1.165) is 16.0 Å². The lowest BCUT2D eigenvalue weighted by molar-refractivity contribution is -0.116. The maximum atomic E-state index is 12.7. The third kappa shape index (κ3) is 5.47. The first-order valence-electron chi connectivity index (χ1n) is 10.2. The molecule has 2 N–H and O–H groups in total. The van der Waals surface area contributed by atoms with Gasteiger partial charge in [0, 0.05) is 19.4 Å². The van der Waals surface area contributed by atoms with Crippen LogP contribution in [0.25, 0.3) is 10.7 Å². The number of aryl methyl sites for hydroxylation is 2. The molecule has 8 heteroatoms. The smallest absolute Gasteiger partial charge is 0.253 e. The Labute approximate surface area is 189 Å². The largest absolute Gasteiger partial charge is 0.348 e. The van der Waals surface area contributed by atoms with E-state index in [1.807, 2.05) is 48.7 Å². The number of carbonyl (C=O) groups is 2. The lowest BCUT2D eigenvalue weighted by Gasteiger charge is -2.11. The van der Waals surface area contributed by atoms with Crippen molar-refractivity contribution in [2.75, 3.05) is 5.32 Å². The molecular weight excluding hydrogens is 424 g/mol. The standard InChI is InChI=1S/C24H22N4O3S/c1-16-8-10-17(11-9-16)15-25-24(30)18-5-2-3-6-19(18)26-21(29)12-13-22-27-23(28-31-22)20-7-4-14-32-20/h2-11,14H,12-13,15H2,1H3,(H,25,30)(H,26,29). The van der Waals surface area contributed by atoms with Crippen LogP contribution >= 0.6 is 11.3 Å². The molecule has 0 aliphatic rings. The molecular formula is C24H22N4O3S. The topological polar surface area (TPSA) is 97.1 Å². The zero-order valence-corrected chi connectivity index (χ0v) is 18.3. The van der Waals surface area contributed by atoms with Crippen LogP contribution in [0.2, 0.25) is 0 Å². The number of benzene rings is 2. The second-order valence-electron chi connectivity index (χ2n) is 7.25. The zero-order chi connectivity index (χ0) is 22.3. The second kappa shape index (κ2) is 10.0. The average molecular weight is 447 g/mol. The van der Waals surface area contributed by atoms with Crippen molar-refractivity contribution in [3.63, 3.8) is 0 Å². The molecule has 2 amide bonds. The Balaban J connectivity index is 1.33. The highest BCUT2D eigenvalue weighted by molar-refractivity contribution is 7.13. The molecule has 0 aliphatic carbocycles. The van der Waals surface area contributed by atoms with Gasteiger partial charge in [-0.25, -0.2) is 0 Å². The number of carbonyl (C=O) groups excluding carboxylic acids is 2. The van der Waals surface area contributed by atoms with Gasteiger partial charge in [0.2, 0.25) is 17.6 Å². The quantitative estimate of drug-likeness (QED) is 0.412. The average Bonchev–Trinajstić information content (AvgIpc) is 3.49. The van der Waals surface area contributed by atoms with Gasteiger partial charge in [0.25, 0.3) is 5.91 Å². The molecule has 4 rings (SSSR count). The lowest BCUT2D eigenvalue weighted by Crippen LogP contribution is -2.25. The fourth-order valence-corrected chi connectivity index (χ4v) is 3.72. The van der Waals surface area contributed by atoms with Gasteiger partial charge in [0.05, 0.1) is 16.1 Å². The van der Waals surface area contributed by atoms with Crippen molar-refractivity contribution in [3.8, 4) is 10.7 Å². The van der Waals surface area contributed by atoms with Crippen molar-refractivity contribution < 1.29 is 14.1 Å². The zero-order valence-electron chi connectivity index (χ0n) is 17.5. The van der Waals surface area contributed by atoms with Crippen LogP contribution in [0.3, 0.4) is 0 Å². The molecule has 0 atom stereocenters. The van der Waals surface area contributed by atoms with E-state index in [9.17, 15) is 9.59 Å². The molecule has 32 heavy (non-hydrogen) atoms. The number of para-hydroxylation sites is 1. The van der Waals surface area contributed by atoms with Gasteiger partial charge in [0.1, 0.15) is 0 Å². The maximum Gasteiger partial charge on any atom is 0.253 e. The predicted molar refractivity (Wildman–Crippen MR) is 123 cm³/mol. The monoisotopic (exact) mass is 446 g/mol. The van der Waals surface area contributed by atoms with Crippen molar-refractivity contribution in [2.24, 2.45) is 0 Å². The van der Waals surface area contributed by atoms with E-state index in [2.05, 4.69) is 20.8 Å². The summed E-state index contributed by atoms with van der Waals surface area (Å²) in [4.78, 5) is 30.4. The Hall–Kier alpha value is -3.78. The van der Waals surface area contributed by atoms with E-state index >= 15 is 0 Å². The second-order valence-corrected chi connectivity index (χ2v) is 8.20.